The molecule has 1 saturated carbocycles. The van der Waals surface area contributed by atoms with Crippen molar-refractivity contribution in [2.75, 3.05) is 6.61 Å². The van der Waals surface area contributed by atoms with Crippen LogP contribution in [-0.2, 0) is 11.3 Å². The fraction of sp³-hybridized carbons (Fsp3) is 0.600. The molecule has 0 aromatic carbocycles. The van der Waals surface area contributed by atoms with E-state index >= 15 is 0 Å². The highest BCUT2D eigenvalue weighted by molar-refractivity contribution is 5.85. The Morgan fingerprint density at radius 2 is 2.37 bits per heavy atom. The molecule has 0 spiro atoms. The van der Waals surface area contributed by atoms with Crippen LogP contribution in [0.3, 0.4) is 0 Å². The number of aromatic nitrogens is 6. The summed E-state index contributed by atoms with van der Waals surface area (Å²) in [4.78, 5) is 15.8. The van der Waals surface area contributed by atoms with Gasteiger partial charge in [-0.05, 0) is 30.2 Å². The second-order valence-electron chi connectivity index (χ2n) is 4.20. The van der Waals surface area contributed by atoms with Gasteiger partial charge in [0.15, 0.2) is 5.82 Å². The number of hydrogen-bond donors (Lipinski definition) is 0. The van der Waals surface area contributed by atoms with Gasteiger partial charge in [-0.3, -0.25) is 0 Å². The molecule has 2 aromatic rings. The molecule has 3 rings (SSSR count). The Morgan fingerprint density at radius 1 is 1.53 bits per heavy atom. The van der Waals surface area contributed by atoms with E-state index in [0.717, 1.165) is 12.8 Å². The maximum atomic E-state index is 11.6. The van der Waals surface area contributed by atoms with E-state index in [4.69, 9.17) is 9.26 Å². The fourth-order valence-electron chi connectivity index (χ4n) is 1.61. The Hall–Kier alpha value is -2.32. The summed E-state index contributed by atoms with van der Waals surface area (Å²) in [6.07, 6.45) is 2.17. The SMILES string of the molecule is CCOC(=O)c1nnnn1Cc1noc(C2CC2)n1. The summed E-state index contributed by atoms with van der Waals surface area (Å²) in [7, 11) is 0. The number of ether oxygens (including phenoxy) is 1. The molecule has 0 bridgehead atoms. The average Bonchev–Trinajstić information content (AvgIpc) is 2.97. The largest absolute Gasteiger partial charge is 0.460 e. The van der Waals surface area contributed by atoms with Crippen LogP contribution in [0, 0.1) is 0 Å². The molecule has 0 aliphatic heterocycles. The van der Waals surface area contributed by atoms with E-state index in [0.29, 0.717) is 17.6 Å². The fourth-order valence-corrected chi connectivity index (χ4v) is 1.61. The van der Waals surface area contributed by atoms with E-state index in [9.17, 15) is 4.79 Å². The summed E-state index contributed by atoms with van der Waals surface area (Å²) in [5, 5.41) is 14.6. The summed E-state index contributed by atoms with van der Waals surface area (Å²) in [6, 6.07) is 0. The van der Waals surface area contributed by atoms with Crippen LogP contribution in [-0.4, -0.2) is 42.9 Å². The highest BCUT2D eigenvalue weighted by atomic mass is 16.5. The third-order valence-electron chi connectivity index (χ3n) is 2.69. The van der Waals surface area contributed by atoms with Crippen molar-refractivity contribution in [3.8, 4) is 0 Å². The zero-order valence-corrected chi connectivity index (χ0v) is 10.3. The first kappa shape index (κ1) is 11.8. The maximum Gasteiger partial charge on any atom is 0.378 e. The standard InChI is InChI=1S/C10H12N6O3/c1-2-18-10(17)8-12-14-15-16(8)5-7-11-9(19-13-7)6-3-4-6/h6H,2-5H2,1H3. The van der Waals surface area contributed by atoms with Gasteiger partial charge in [0.25, 0.3) is 5.82 Å². The van der Waals surface area contributed by atoms with Crippen LogP contribution in [0.15, 0.2) is 4.52 Å². The second-order valence-corrected chi connectivity index (χ2v) is 4.20. The van der Waals surface area contributed by atoms with Gasteiger partial charge < -0.3 is 9.26 Å². The summed E-state index contributed by atoms with van der Waals surface area (Å²) < 4.78 is 11.3. The number of nitrogens with zero attached hydrogens (tertiary/aromatic N) is 6. The molecule has 9 nitrogen and oxygen atoms in total. The van der Waals surface area contributed by atoms with E-state index < -0.39 is 5.97 Å². The third kappa shape index (κ3) is 2.44. The van der Waals surface area contributed by atoms with Gasteiger partial charge in [0.1, 0.15) is 6.54 Å². The number of hydrogen-bond acceptors (Lipinski definition) is 8. The lowest BCUT2D eigenvalue weighted by Gasteiger charge is -2.00. The lowest BCUT2D eigenvalue weighted by Crippen LogP contribution is -2.15. The number of carbonyl (C=O) groups is 1. The normalized spacial score (nSPS) is 14.6. The molecule has 0 amide bonds. The molecule has 9 heteroatoms. The highest BCUT2D eigenvalue weighted by Gasteiger charge is 2.30. The topological polar surface area (TPSA) is 109 Å². The zero-order chi connectivity index (χ0) is 13.2. The van der Waals surface area contributed by atoms with Crippen molar-refractivity contribution in [3.05, 3.63) is 17.5 Å². The van der Waals surface area contributed by atoms with E-state index in [1.165, 1.54) is 4.68 Å². The van der Waals surface area contributed by atoms with Crippen LogP contribution in [0.2, 0.25) is 0 Å². The van der Waals surface area contributed by atoms with Gasteiger partial charge in [-0.25, -0.2) is 9.48 Å². The molecule has 2 heterocycles. The van der Waals surface area contributed by atoms with E-state index in [1.54, 1.807) is 6.92 Å². The molecule has 100 valence electrons. The van der Waals surface area contributed by atoms with Crippen LogP contribution in [0.25, 0.3) is 0 Å². The molecule has 0 N–H and O–H groups in total. The molecule has 19 heavy (non-hydrogen) atoms. The Morgan fingerprint density at radius 3 is 3.11 bits per heavy atom. The van der Waals surface area contributed by atoms with Gasteiger partial charge in [0, 0.05) is 5.92 Å². The van der Waals surface area contributed by atoms with Gasteiger partial charge in [-0.2, -0.15) is 4.98 Å². The van der Waals surface area contributed by atoms with Gasteiger partial charge in [0.2, 0.25) is 5.89 Å². The molecule has 0 unspecified atom stereocenters. The van der Waals surface area contributed by atoms with Gasteiger partial charge in [-0.15, -0.1) is 5.10 Å². The van der Waals surface area contributed by atoms with Crippen molar-refractivity contribution in [2.45, 2.75) is 32.2 Å². The molecular weight excluding hydrogens is 252 g/mol. The average molecular weight is 264 g/mol. The van der Waals surface area contributed by atoms with E-state index in [2.05, 4.69) is 25.7 Å². The lowest BCUT2D eigenvalue weighted by molar-refractivity contribution is 0.0505. The van der Waals surface area contributed by atoms with Crippen LogP contribution < -0.4 is 0 Å². The minimum absolute atomic E-state index is 0.0274. The minimum atomic E-state index is -0.571. The smallest absolute Gasteiger partial charge is 0.378 e. The van der Waals surface area contributed by atoms with Crippen LogP contribution in [0.4, 0.5) is 0 Å². The molecule has 1 aliphatic carbocycles. The predicted octanol–water partition coefficient (Wildman–Crippen LogP) is 0.158. The van der Waals surface area contributed by atoms with Gasteiger partial charge in [0.05, 0.1) is 6.61 Å². The Labute approximate surface area is 107 Å². The van der Waals surface area contributed by atoms with E-state index in [1.807, 2.05) is 0 Å². The van der Waals surface area contributed by atoms with Crippen LogP contribution >= 0.6 is 0 Å². The Kier molecular flexibility index (Phi) is 2.94. The molecular formula is C10H12N6O3. The van der Waals surface area contributed by atoms with Crippen molar-refractivity contribution < 1.29 is 14.1 Å². The summed E-state index contributed by atoms with van der Waals surface area (Å²) in [5.41, 5.74) is 0. The summed E-state index contributed by atoms with van der Waals surface area (Å²) in [6.45, 7) is 2.16. The quantitative estimate of drug-likeness (QED) is 0.702. The first-order valence-electron chi connectivity index (χ1n) is 6.03. The summed E-state index contributed by atoms with van der Waals surface area (Å²) in [5.74, 6) is 0.929. The summed E-state index contributed by atoms with van der Waals surface area (Å²) >= 11 is 0. The molecule has 0 radical (unpaired) electrons. The third-order valence-corrected chi connectivity index (χ3v) is 2.69. The second kappa shape index (κ2) is 4.75. The van der Waals surface area contributed by atoms with Crippen molar-refractivity contribution in [1.82, 2.24) is 30.3 Å². The van der Waals surface area contributed by atoms with Crippen LogP contribution in [0.1, 0.15) is 48.0 Å². The monoisotopic (exact) mass is 264 g/mol. The van der Waals surface area contributed by atoms with Gasteiger partial charge >= 0.3 is 5.97 Å². The maximum absolute atomic E-state index is 11.6. The van der Waals surface area contributed by atoms with Crippen molar-refractivity contribution in [3.63, 3.8) is 0 Å². The van der Waals surface area contributed by atoms with Crippen molar-refractivity contribution in [2.24, 2.45) is 0 Å². The predicted molar refractivity (Wildman–Crippen MR) is 59.1 cm³/mol. The lowest BCUT2D eigenvalue weighted by atomic mass is 10.4. The first-order chi connectivity index (χ1) is 9.28. The number of carbonyl (C=O) groups excluding carboxylic acids is 1. The Bertz CT molecular complexity index is 588. The zero-order valence-electron chi connectivity index (χ0n) is 10.3. The minimum Gasteiger partial charge on any atom is -0.460 e. The van der Waals surface area contributed by atoms with Crippen molar-refractivity contribution in [1.29, 1.82) is 0 Å². The molecule has 1 fully saturated rings. The first-order valence-corrected chi connectivity index (χ1v) is 6.03. The van der Waals surface area contributed by atoms with Gasteiger partial charge in [-0.1, -0.05) is 5.16 Å². The van der Waals surface area contributed by atoms with E-state index in [-0.39, 0.29) is 19.0 Å². The highest BCUT2D eigenvalue weighted by Crippen LogP contribution is 2.38. The molecule has 1 aliphatic rings. The molecule has 0 saturated heterocycles. The van der Waals surface area contributed by atoms with Crippen molar-refractivity contribution >= 4 is 5.97 Å². The molecule has 2 aromatic heterocycles. The molecule has 0 atom stereocenters. The number of rotatable bonds is 5. The Balaban J connectivity index is 1.75. The van der Waals surface area contributed by atoms with Crippen LogP contribution in [0.5, 0.6) is 0 Å². The number of tetrazole rings is 1. The number of esters is 1.